The first kappa shape index (κ1) is 18.6. The van der Waals surface area contributed by atoms with Crippen molar-refractivity contribution >= 4 is 15.9 Å². The summed E-state index contributed by atoms with van der Waals surface area (Å²) in [4.78, 5) is 2.33. The topological polar surface area (TPSA) is 24.5 Å². The summed E-state index contributed by atoms with van der Waals surface area (Å²) >= 11 is 3.70. The average Bonchev–Trinajstić information content (AvgIpc) is 2.42. The zero-order valence-corrected chi connectivity index (χ0v) is 15.4. The Morgan fingerprint density at radius 3 is 2.71 bits per heavy atom. The fourth-order valence-corrected chi connectivity index (χ4v) is 2.73. The molecule has 0 aliphatic rings. The van der Waals surface area contributed by atoms with Crippen molar-refractivity contribution in [1.82, 2.24) is 10.2 Å². The number of nitrogens with one attached hydrogen (secondary N) is 1. The van der Waals surface area contributed by atoms with Crippen LogP contribution in [0.2, 0.25) is 0 Å². The molecule has 0 heterocycles. The molecule has 0 saturated carbocycles. The van der Waals surface area contributed by atoms with Crippen molar-refractivity contribution in [1.29, 1.82) is 0 Å². The maximum atomic E-state index is 5.09. The number of hydrogen-bond donors (Lipinski definition) is 1. The van der Waals surface area contributed by atoms with Crippen LogP contribution in [0.15, 0.2) is 22.7 Å². The number of hydrogen-bond acceptors (Lipinski definition) is 3. The van der Waals surface area contributed by atoms with Gasteiger partial charge in [-0.05, 0) is 43.1 Å². The third-order valence-corrected chi connectivity index (χ3v) is 4.07. The standard InChI is InChI=1S/C17H29BrN2O/c1-14(2)11-19-12-15-6-7-16(17(18)10-15)13-20(3)8-5-9-21-4/h6-7,10,14,19H,5,8-9,11-13H2,1-4H3. The lowest BCUT2D eigenvalue weighted by Crippen LogP contribution is -2.21. The largest absolute Gasteiger partial charge is 0.385 e. The van der Waals surface area contributed by atoms with Crippen LogP contribution in [-0.4, -0.2) is 38.8 Å². The lowest BCUT2D eigenvalue weighted by Gasteiger charge is -2.18. The molecular weight excluding hydrogens is 328 g/mol. The number of nitrogens with zero attached hydrogens (tertiary/aromatic N) is 1. The summed E-state index contributed by atoms with van der Waals surface area (Å²) in [6, 6.07) is 6.67. The van der Waals surface area contributed by atoms with Crippen LogP contribution >= 0.6 is 15.9 Å². The van der Waals surface area contributed by atoms with Crippen molar-refractivity contribution in [2.24, 2.45) is 5.92 Å². The highest BCUT2D eigenvalue weighted by Crippen LogP contribution is 2.20. The molecule has 0 spiro atoms. The number of ether oxygens (including phenoxy) is 1. The molecule has 0 atom stereocenters. The fourth-order valence-electron chi connectivity index (χ4n) is 2.18. The van der Waals surface area contributed by atoms with Crippen LogP contribution < -0.4 is 5.32 Å². The van der Waals surface area contributed by atoms with E-state index in [0.717, 1.165) is 39.2 Å². The Hall–Kier alpha value is -0.420. The highest BCUT2D eigenvalue weighted by Gasteiger charge is 2.05. The summed E-state index contributed by atoms with van der Waals surface area (Å²) in [5, 5.41) is 3.48. The van der Waals surface area contributed by atoms with Gasteiger partial charge >= 0.3 is 0 Å². The lowest BCUT2D eigenvalue weighted by molar-refractivity contribution is 0.178. The first-order valence-corrected chi connectivity index (χ1v) is 8.47. The molecule has 3 nitrogen and oxygen atoms in total. The van der Waals surface area contributed by atoms with Crippen molar-refractivity contribution in [2.75, 3.05) is 33.9 Å². The normalized spacial score (nSPS) is 11.6. The van der Waals surface area contributed by atoms with Gasteiger partial charge in [0.25, 0.3) is 0 Å². The van der Waals surface area contributed by atoms with Gasteiger partial charge in [0.1, 0.15) is 0 Å². The van der Waals surface area contributed by atoms with Crippen LogP contribution in [0, 0.1) is 5.92 Å². The van der Waals surface area contributed by atoms with E-state index in [9.17, 15) is 0 Å². The fraction of sp³-hybridized carbons (Fsp3) is 0.647. The summed E-state index contributed by atoms with van der Waals surface area (Å²) in [5.74, 6) is 0.688. The lowest BCUT2D eigenvalue weighted by atomic mass is 10.1. The maximum Gasteiger partial charge on any atom is 0.0474 e. The zero-order chi connectivity index (χ0) is 15.7. The van der Waals surface area contributed by atoms with Crippen molar-refractivity contribution in [2.45, 2.75) is 33.4 Å². The van der Waals surface area contributed by atoms with Crippen molar-refractivity contribution in [3.8, 4) is 0 Å². The molecule has 4 heteroatoms. The zero-order valence-electron chi connectivity index (χ0n) is 13.8. The summed E-state index contributed by atoms with van der Waals surface area (Å²) in [7, 11) is 3.91. The quantitative estimate of drug-likeness (QED) is 0.647. The van der Waals surface area contributed by atoms with Crippen LogP contribution in [-0.2, 0) is 17.8 Å². The molecule has 1 N–H and O–H groups in total. The molecule has 0 amide bonds. The molecule has 0 bridgehead atoms. The Balaban J connectivity index is 2.45. The van der Waals surface area contributed by atoms with E-state index in [2.05, 4.69) is 65.2 Å². The minimum absolute atomic E-state index is 0.688. The van der Waals surface area contributed by atoms with Gasteiger partial charge in [-0.2, -0.15) is 0 Å². The highest BCUT2D eigenvalue weighted by molar-refractivity contribution is 9.10. The van der Waals surface area contributed by atoms with Crippen molar-refractivity contribution in [3.63, 3.8) is 0 Å². The number of methoxy groups -OCH3 is 1. The SMILES string of the molecule is COCCCN(C)Cc1ccc(CNCC(C)C)cc1Br. The Morgan fingerprint density at radius 2 is 2.10 bits per heavy atom. The second-order valence-electron chi connectivity index (χ2n) is 6.03. The van der Waals surface area contributed by atoms with Gasteiger partial charge < -0.3 is 15.0 Å². The van der Waals surface area contributed by atoms with Gasteiger partial charge in [0.15, 0.2) is 0 Å². The maximum absolute atomic E-state index is 5.09. The molecule has 0 saturated heterocycles. The molecular formula is C17H29BrN2O. The van der Waals surface area contributed by atoms with Crippen molar-refractivity contribution in [3.05, 3.63) is 33.8 Å². The third kappa shape index (κ3) is 7.96. The minimum atomic E-state index is 0.688. The molecule has 0 unspecified atom stereocenters. The van der Waals surface area contributed by atoms with E-state index in [1.807, 2.05) is 0 Å². The van der Waals surface area contributed by atoms with Crippen LogP contribution in [0.4, 0.5) is 0 Å². The molecule has 1 aromatic rings. The van der Waals surface area contributed by atoms with Gasteiger partial charge in [-0.1, -0.05) is 41.9 Å². The van der Waals surface area contributed by atoms with Crippen LogP contribution in [0.25, 0.3) is 0 Å². The number of rotatable bonds is 10. The monoisotopic (exact) mass is 356 g/mol. The molecule has 120 valence electrons. The van der Waals surface area contributed by atoms with Crippen LogP contribution in [0.5, 0.6) is 0 Å². The van der Waals surface area contributed by atoms with Gasteiger partial charge in [0, 0.05) is 37.8 Å². The Labute approximate surface area is 138 Å². The molecule has 0 aromatic heterocycles. The van der Waals surface area contributed by atoms with E-state index in [1.165, 1.54) is 15.6 Å². The average molecular weight is 357 g/mol. The number of halogens is 1. The molecule has 1 aromatic carbocycles. The second kappa shape index (κ2) is 10.3. The van der Waals surface area contributed by atoms with E-state index in [-0.39, 0.29) is 0 Å². The first-order chi connectivity index (χ1) is 10.0. The Kier molecular flexibility index (Phi) is 9.16. The molecule has 0 fully saturated rings. The summed E-state index contributed by atoms with van der Waals surface area (Å²) in [6.07, 6.45) is 1.07. The van der Waals surface area contributed by atoms with Crippen LogP contribution in [0.3, 0.4) is 0 Å². The minimum Gasteiger partial charge on any atom is -0.385 e. The Morgan fingerprint density at radius 1 is 1.33 bits per heavy atom. The molecule has 0 radical (unpaired) electrons. The first-order valence-electron chi connectivity index (χ1n) is 7.68. The summed E-state index contributed by atoms with van der Waals surface area (Å²) in [5.41, 5.74) is 2.66. The van der Waals surface area contributed by atoms with E-state index in [0.29, 0.717) is 5.92 Å². The van der Waals surface area contributed by atoms with E-state index >= 15 is 0 Å². The van der Waals surface area contributed by atoms with Crippen molar-refractivity contribution < 1.29 is 4.74 Å². The summed E-state index contributed by atoms with van der Waals surface area (Å²) < 4.78 is 6.29. The third-order valence-electron chi connectivity index (χ3n) is 3.33. The predicted octanol–water partition coefficient (Wildman–Crippen LogP) is 3.66. The van der Waals surface area contributed by atoms with Gasteiger partial charge in [-0.3, -0.25) is 0 Å². The van der Waals surface area contributed by atoms with E-state index in [1.54, 1.807) is 7.11 Å². The summed E-state index contributed by atoms with van der Waals surface area (Å²) in [6.45, 7) is 9.28. The smallest absolute Gasteiger partial charge is 0.0474 e. The Bertz CT molecular complexity index is 410. The molecule has 0 aliphatic heterocycles. The molecule has 1 rings (SSSR count). The van der Waals surface area contributed by atoms with E-state index in [4.69, 9.17) is 4.74 Å². The predicted molar refractivity (Wildman–Crippen MR) is 93.5 cm³/mol. The van der Waals surface area contributed by atoms with Gasteiger partial charge in [0.2, 0.25) is 0 Å². The second-order valence-corrected chi connectivity index (χ2v) is 6.89. The molecule has 0 aliphatic carbocycles. The molecule has 21 heavy (non-hydrogen) atoms. The van der Waals surface area contributed by atoms with Gasteiger partial charge in [0.05, 0.1) is 0 Å². The van der Waals surface area contributed by atoms with E-state index < -0.39 is 0 Å². The highest BCUT2D eigenvalue weighted by atomic mass is 79.9. The van der Waals surface area contributed by atoms with Crippen LogP contribution in [0.1, 0.15) is 31.4 Å². The van der Waals surface area contributed by atoms with Gasteiger partial charge in [-0.15, -0.1) is 0 Å². The van der Waals surface area contributed by atoms with Gasteiger partial charge in [-0.25, -0.2) is 0 Å². The number of benzene rings is 1.